The van der Waals surface area contributed by atoms with Crippen LogP contribution in [0.2, 0.25) is 0 Å². The minimum atomic E-state index is -0.535. The number of carbonyl (C=O) groups is 1. The molecule has 1 amide bonds. The number of amides is 1. The maximum absolute atomic E-state index is 13.1. The summed E-state index contributed by atoms with van der Waals surface area (Å²) in [6, 6.07) is 7.50. The maximum Gasteiger partial charge on any atom is 0.256 e. The van der Waals surface area contributed by atoms with E-state index in [0.717, 1.165) is 28.6 Å². The van der Waals surface area contributed by atoms with Crippen LogP contribution in [-0.4, -0.2) is 57.4 Å². The molecular formula is C22H27N3O3S. The molecule has 1 saturated carbocycles. The van der Waals surface area contributed by atoms with Crippen LogP contribution >= 0.6 is 11.8 Å². The van der Waals surface area contributed by atoms with Crippen LogP contribution in [0.4, 0.5) is 0 Å². The molecule has 2 aliphatic rings. The average molecular weight is 414 g/mol. The van der Waals surface area contributed by atoms with E-state index in [-0.39, 0.29) is 12.0 Å². The summed E-state index contributed by atoms with van der Waals surface area (Å²) in [6.45, 7) is 5.25. The molecule has 7 heteroatoms. The van der Waals surface area contributed by atoms with Crippen molar-refractivity contribution >= 4 is 17.7 Å². The monoisotopic (exact) mass is 413 g/mol. The first-order valence-electron chi connectivity index (χ1n) is 10.0. The zero-order valence-corrected chi connectivity index (χ0v) is 17.9. The van der Waals surface area contributed by atoms with Gasteiger partial charge in [-0.2, -0.15) is 0 Å². The van der Waals surface area contributed by atoms with Gasteiger partial charge in [-0.05, 0) is 69.0 Å². The topological polar surface area (TPSA) is 75.6 Å². The van der Waals surface area contributed by atoms with Crippen molar-refractivity contribution in [3.63, 3.8) is 0 Å². The molecule has 4 atom stereocenters. The number of carbonyl (C=O) groups excluding carboxylic acids is 1. The Balaban J connectivity index is 1.45. The van der Waals surface area contributed by atoms with Crippen LogP contribution in [-0.2, 0) is 0 Å². The number of hydrogen-bond donors (Lipinski definition) is 1. The number of aryl methyl sites for hydroxylation is 2. The third kappa shape index (κ3) is 4.12. The van der Waals surface area contributed by atoms with E-state index in [4.69, 9.17) is 4.74 Å². The van der Waals surface area contributed by atoms with Crippen LogP contribution in [0.25, 0.3) is 0 Å². The predicted molar refractivity (Wildman–Crippen MR) is 112 cm³/mol. The van der Waals surface area contributed by atoms with Gasteiger partial charge < -0.3 is 14.7 Å². The molecule has 154 valence electrons. The molecule has 1 aliphatic carbocycles. The van der Waals surface area contributed by atoms with E-state index < -0.39 is 6.10 Å². The van der Waals surface area contributed by atoms with Crippen molar-refractivity contribution in [1.29, 1.82) is 0 Å². The third-order valence-electron chi connectivity index (χ3n) is 6.02. The summed E-state index contributed by atoms with van der Waals surface area (Å²) < 4.78 is 6.15. The minimum absolute atomic E-state index is 0.0300. The quantitative estimate of drug-likeness (QED) is 0.777. The smallest absolute Gasteiger partial charge is 0.256 e. The Bertz CT molecular complexity index is 907. The van der Waals surface area contributed by atoms with Crippen LogP contribution in [0.1, 0.15) is 34.6 Å². The zero-order valence-electron chi connectivity index (χ0n) is 17.0. The van der Waals surface area contributed by atoms with Crippen LogP contribution in [0, 0.1) is 25.7 Å². The van der Waals surface area contributed by atoms with Gasteiger partial charge in [-0.25, -0.2) is 4.98 Å². The number of aromatic nitrogens is 2. The lowest BCUT2D eigenvalue weighted by molar-refractivity contribution is -0.0236. The second kappa shape index (κ2) is 8.32. The number of hydrogen-bond acceptors (Lipinski definition) is 6. The van der Waals surface area contributed by atoms with Gasteiger partial charge in [-0.15, -0.1) is 11.8 Å². The summed E-state index contributed by atoms with van der Waals surface area (Å²) in [6.07, 6.45) is 4.24. The van der Waals surface area contributed by atoms with E-state index in [1.165, 1.54) is 11.8 Å². The van der Waals surface area contributed by atoms with Crippen molar-refractivity contribution in [2.24, 2.45) is 11.8 Å². The first-order chi connectivity index (χ1) is 14.0. The van der Waals surface area contributed by atoms with Gasteiger partial charge in [-0.3, -0.25) is 9.78 Å². The molecule has 0 unspecified atom stereocenters. The van der Waals surface area contributed by atoms with E-state index in [1.54, 1.807) is 6.20 Å². The van der Waals surface area contributed by atoms with Crippen molar-refractivity contribution in [2.45, 2.75) is 43.9 Å². The van der Waals surface area contributed by atoms with Gasteiger partial charge in [-0.1, -0.05) is 0 Å². The highest BCUT2D eigenvalue weighted by Crippen LogP contribution is 2.39. The lowest BCUT2D eigenvalue weighted by Gasteiger charge is -2.35. The molecule has 0 aromatic carbocycles. The fourth-order valence-electron chi connectivity index (χ4n) is 4.53. The number of fused-ring (bicyclic) bond motifs is 1. The van der Waals surface area contributed by atoms with Gasteiger partial charge in [0, 0.05) is 25.0 Å². The lowest BCUT2D eigenvalue weighted by atomic mass is 9.78. The van der Waals surface area contributed by atoms with Crippen molar-refractivity contribution in [3.8, 4) is 5.75 Å². The van der Waals surface area contributed by atoms with Crippen LogP contribution < -0.4 is 4.74 Å². The van der Waals surface area contributed by atoms with Crippen LogP contribution in [0.5, 0.6) is 5.75 Å². The highest BCUT2D eigenvalue weighted by molar-refractivity contribution is 7.98. The zero-order chi connectivity index (χ0) is 20.5. The number of pyridine rings is 2. The second-order valence-electron chi connectivity index (χ2n) is 8.02. The summed E-state index contributed by atoms with van der Waals surface area (Å²) in [4.78, 5) is 23.8. The molecule has 3 heterocycles. The van der Waals surface area contributed by atoms with Crippen molar-refractivity contribution < 1.29 is 14.6 Å². The minimum Gasteiger partial charge on any atom is -0.486 e. The molecule has 29 heavy (non-hydrogen) atoms. The Kier molecular flexibility index (Phi) is 5.79. The number of ether oxygens (including phenoxy) is 1. The Labute approximate surface area is 175 Å². The molecule has 2 aromatic heterocycles. The fraction of sp³-hybridized carbons (Fsp3) is 0.500. The largest absolute Gasteiger partial charge is 0.486 e. The highest BCUT2D eigenvalue weighted by Gasteiger charge is 2.44. The number of thioether (sulfide) groups is 1. The molecular weight excluding hydrogens is 386 g/mol. The number of rotatable bonds is 4. The summed E-state index contributed by atoms with van der Waals surface area (Å²) in [5.41, 5.74) is 2.45. The van der Waals surface area contributed by atoms with Crippen LogP contribution in [0.15, 0.2) is 35.5 Å². The van der Waals surface area contributed by atoms with E-state index in [9.17, 15) is 9.90 Å². The maximum atomic E-state index is 13.1. The summed E-state index contributed by atoms with van der Waals surface area (Å²) >= 11 is 1.49. The van der Waals surface area contributed by atoms with E-state index >= 15 is 0 Å². The van der Waals surface area contributed by atoms with Crippen molar-refractivity contribution in [3.05, 3.63) is 47.4 Å². The van der Waals surface area contributed by atoms with E-state index in [1.807, 2.05) is 49.3 Å². The van der Waals surface area contributed by atoms with Crippen molar-refractivity contribution in [1.82, 2.24) is 14.9 Å². The number of aliphatic hydroxyl groups excluding tert-OH is 1. The molecule has 0 bridgehead atoms. The van der Waals surface area contributed by atoms with E-state index in [2.05, 4.69) is 9.97 Å². The molecule has 6 nitrogen and oxygen atoms in total. The lowest BCUT2D eigenvalue weighted by Crippen LogP contribution is -2.42. The first-order valence-corrected chi connectivity index (χ1v) is 11.3. The van der Waals surface area contributed by atoms with Gasteiger partial charge in [0.05, 0.1) is 17.4 Å². The van der Waals surface area contributed by atoms with Crippen LogP contribution in [0.3, 0.4) is 0 Å². The molecule has 2 fully saturated rings. The number of aliphatic hydroxyl groups is 1. The molecule has 1 saturated heterocycles. The van der Waals surface area contributed by atoms with Gasteiger partial charge in [0.2, 0.25) is 0 Å². The number of nitrogens with zero attached hydrogens (tertiary/aromatic N) is 3. The Morgan fingerprint density at radius 3 is 2.69 bits per heavy atom. The SMILES string of the molecule is CSc1ncccc1C(=O)N1C[C@H]2C[C@@H](Oc3ccc(C)nc3C)[C@H](O)C[C@H]2C1. The summed E-state index contributed by atoms with van der Waals surface area (Å²) in [7, 11) is 0. The summed E-state index contributed by atoms with van der Waals surface area (Å²) in [5, 5.41) is 11.4. The van der Waals surface area contributed by atoms with E-state index in [0.29, 0.717) is 36.9 Å². The Morgan fingerprint density at radius 1 is 1.21 bits per heavy atom. The standard InChI is InChI=1S/C22H27N3O3S/c1-13-6-7-19(14(2)24-13)28-20-10-16-12-25(11-15(16)9-18(20)26)22(27)17-5-4-8-23-21(17)29-3/h4-8,15-16,18,20,26H,9-12H2,1-3H3/t15-,16+,18+,20+/m0/s1. The van der Waals surface area contributed by atoms with Gasteiger partial charge in [0.15, 0.2) is 0 Å². The van der Waals surface area contributed by atoms with Gasteiger partial charge in [0.25, 0.3) is 5.91 Å². The fourth-order valence-corrected chi connectivity index (χ4v) is 5.07. The molecule has 0 spiro atoms. The first kappa shape index (κ1) is 20.2. The molecule has 2 aromatic rings. The average Bonchev–Trinajstić information content (AvgIpc) is 3.12. The molecule has 1 N–H and O–H groups in total. The molecule has 1 aliphatic heterocycles. The Morgan fingerprint density at radius 2 is 1.97 bits per heavy atom. The predicted octanol–water partition coefficient (Wildman–Crippen LogP) is 3.11. The second-order valence-corrected chi connectivity index (χ2v) is 8.82. The normalized spacial score (nSPS) is 26.3. The van der Waals surface area contributed by atoms with Gasteiger partial charge in [0.1, 0.15) is 16.9 Å². The number of likely N-dealkylation sites (tertiary alicyclic amines) is 1. The summed E-state index contributed by atoms with van der Waals surface area (Å²) in [5.74, 6) is 1.40. The highest BCUT2D eigenvalue weighted by atomic mass is 32.2. The Hall–Kier alpha value is -2.12. The van der Waals surface area contributed by atoms with Gasteiger partial charge >= 0.3 is 0 Å². The van der Waals surface area contributed by atoms with Crippen molar-refractivity contribution in [2.75, 3.05) is 19.3 Å². The molecule has 4 rings (SSSR count). The molecule has 0 radical (unpaired) electrons. The third-order valence-corrected chi connectivity index (χ3v) is 6.73.